The van der Waals surface area contributed by atoms with Crippen LogP contribution in [0.15, 0.2) is 42.5 Å². The van der Waals surface area contributed by atoms with Gasteiger partial charge in [0.15, 0.2) is 0 Å². The summed E-state index contributed by atoms with van der Waals surface area (Å²) in [5.74, 6) is -0.880. The van der Waals surface area contributed by atoms with Gasteiger partial charge in [-0.2, -0.15) is 0 Å². The smallest absolute Gasteiger partial charge is 0.258 e. The van der Waals surface area contributed by atoms with Gasteiger partial charge < -0.3 is 10.6 Å². The van der Waals surface area contributed by atoms with Crippen LogP contribution in [-0.2, 0) is 0 Å². The van der Waals surface area contributed by atoms with E-state index in [2.05, 4.69) is 0 Å². The summed E-state index contributed by atoms with van der Waals surface area (Å²) in [6.07, 6.45) is 0. The van der Waals surface area contributed by atoms with Gasteiger partial charge in [0.2, 0.25) is 5.91 Å². The van der Waals surface area contributed by atoms with E-state index in [1.54, 1.807) is 43.4 Å². The van der Waals surface area contributed by atoms with Gasteiger partial charge in [-0.05, 0) is 36.4 Å². The Hall–Kier alpha value is -2.04. The molecule has 0 unspecified atom stereocenters. The quantitative estimate of drug-likeness (QED) is 0.941. The van der Waals surface area contributed by atoms with Crippen molar-refractivity contribution >= 4 is 40.7 Å². The number of carbonyl (C=O) groups excluding carboxylic acids is 2. The lowest BCUT2D eigenvalue weighted by Gasteiger charge is -2.18. The molecule has 2 rings (SSSR count). The average Bonchev–Trinajstić information content (AvgIpc) is 2.44. The molecule has 0 aromatic heterocycles. The standard InChI is InChI=1S/C15H12Cl2N2O2/c1-19(13-7-11(16)6-12(17)8-13)15(21)10-4-2-3-9(5-10)14(18)20/h2-8H,1H3,(H2,18,20). The molecule has 2 N–H and O–H groups in total. The Morgan fingerprint density at radius 3 is 2.14 bits per heavy atom. The molecule has 2 aromatic rings. The summed E-state index contributed by atoms with van der Waals surface area (Å²) in [4.78, 5) is 25.0. The van der Waals surface area contributed by atoms with Crippen LogP contribution < -0.4 is 10.6 Å². The maximum Gasteiger partial charge on any atom is 0.258 e. The van der Waals surface area contributed by atoms with Crippen LogP contribution in [0.3, 0.4) is 0 Å². The van der Waals surface area contributed by atoms with Crippen LogP contribution in [0.5, 0.6) is 0 Å². The van der Waals surface area contributed by atoms with E-state index in [-0.39, 0.29) is 11.5 Å². The number of hydrogen-bond acceptors (Lipinski definition) is 2. The largest absolute Gasteiger partial charge is 0.366 e. The van der Waals surface area contributed by atoms with Crippen LogP contribution >= 0.6 is 23.2 Å². The number of anilines is 1. The van der Waals surface area contributed by atoms with Gasteiger partial charge in [-0.25, -0.2) is 0 Å². The molecule has 21 heavy (non-hydrogen) atoms. The van der Waals surface area contributed by atoms with Crippen LogP contribution in [0.4, 0.5) is 5.69 Å². The Balaban J connectivity index is 2.34. The Morgan fingerprint density at radius 2 is 1.57 bits per heavy atom. The number of carbonyl (C=O) groups is 2. The zero-order valence-electron chi connectivity index (χ0n) is 11.1. The summed E-state index contributed by atoms with van der Waals surface area (Å²) in [6, 6.07) is 11.1. The van der Waals surface area contributed by atoms with Crippen molar-refractivity contribution in [3.63, 3.8) is 0 Å². The first-order valence-electron chi connectivity index (χ1n) is 6.02. The third kappa shape index (κ3) is 3.54. The van der Waals surface area contributed by atoms with Gasteiger partial charge in [0, 0.05) is 33.9 Å². The highest BCUT2D eigenvalue weighted by Gasteiger charge is 2.15. The zero-order valence-corrected chi connectivity index (χ0v) is 12.7. The Bertz CT molecular complexity index is 696. The maximum absolute atomic E-state index is 12.4. The third-order valence-corrected chi connectivity index (χ3v) is 3.37. The van der Waals surface area contributed by atoms with E-state index in [9.17, 15) is 9.59 Å². The molecule has 0 bridgehead atoms. The fraction of sp³-hybridized carbons (Fsp3) is 0.0667. The second-order valence-electron chi connectivity index (χ2n) is 4.44. The van der Waals surface area contributed by atoms with Crippen molar-refractivity contribution in [3.05, 3.63) is 63.6 Å². The molecule has 2 amide bonds. The second-order valence-corrected chi connectivity index (χ2v) is 5.31. The number of halogens is 2. The molecule has 0 fully saturated rings. The van der Waals surface area contributed by atoms with Gasteiger partial charge in [0.1, 0.15) is 0 Å². The molecule has 2 aromatic carbocycles. The summed E-state index contributed by atoms with van der Waals surface area (Å²) in [6.45, 7) is 0. The topological polar surface area (TPSA) is 63.4 Å². The van der Waals surface area contributed by atoms with Crippen molar-refractivity contribution in [3.8, 4) is 0 Å². The third-order valence-electron chi connectivity index (χ3n) is 2.93. The van der Waals surface area contributed by atoms with Crippen molar-refractivity contribution in [1.82, 2.24) is 0 Å². The van der Waals surface area contributed by atoms with Crippen molar-refractivity contribution in [2.45, 2.75) is 0 Å². The lowest BCUT2D eigenvalue weighted by molar-refractivity contribution is 0.0993. The molecule has 0 aliphatic carbocycles. The lowest BCUT2D eigenvalue weighted by atomic mass is 10.1. The molecule has 6 heteroatoms. The first kappa shape index (κ1) is 15.4. The molecule has 0 aliphatic rings. The number of benzene rings is 2. The highest BCUT2D eigenvalue weighted by molar-refractivity contribution is 6.35. The van der Waals surface area contributed by atoms with Crippen LogP contribution in [0.2, 0.25) is 10.0 Å². The number of nitrogens with two attached hydrogens (primary N) is 1. The number of nitrogens with zero attached hydrogens (tertiary/aromatic N) is 1. The molecule has 0 atom stereocenters. The molecule has 108 valence electrons. The molecule has 0 saturated carbocycles. The van der Waals surface area contributed by atoms with Crippen LogP contribution in [0.1, 0.15) is 20.7 Å². The molecule has 0 spiro atoms. The van der Waals surface area contributed by atoms with Crippen molar-refractivity contribution in [1.29, 1.82) is 0 Å². The number of primary amides is 1. The first-order valence-corrected chi connectivity index (χ1v) is 6.78. The van der Waals surface area contributed by atoms with E-state index in [0.717, 1.165) is 0 Å². The van der Waals surface area contributed by atoms with Crippen molar-refractivity contribution in [2.24, 2.45) is 5.73 Å². The normalized spacial score (nSPS) is 10.2. The molecule has 0 heterocycles. The van der Waals surface area contributed by atoms with Crippen molar-refractivity contribution in [2.75, 3.05) is 11.9 Å². The fourth-order valence-electron chi connectivity index (χ4n) is 1.85. The van der Waals surface area contributed by atoms with E-state index in [1.165, 1.54) is 11.0 Å². The van der Waals surface area contributed by atoms with Crippen LogP contribution in [-0.4, -0.2) is 18.9 Å². The van der Waals surface area contributed by atoms with Crippen LogP contribution in [0.25, 0.3) is 0 Å². The van der Waals surface area contributed by atoms with Gasteiger partial charge in [-0.3, -0.25) is 9.59 Å². The molecular weight excluding hydrogens is 311 g/mol. The highest BCUT2D eigenvalue weighted by Crippen LogP contribution is 2.25. The zero-order chi connectivity index (χ0) is 15.6. The van der Waals surface area contributed by atoms with Crippen LogP contribution in [0, 0.1) is 0 Å². The van der Waals surface area contributed by atoms with E-state index in [0.29, 0.717) is 21.3 Å². The average molecular weight is 323 g/mol. The second kappa shape index (κ2) is 6.16. The summed E-state index contributed by atoms with van der Waals surface area (Å²) < 4.78 is 0. The van der Waals surface area contributed by atoms with Gasteiger partial charge in [0.25, 0.3) is 5.91 Å². The lowest BCUT2D eigenvalue weighted by Crippen LogP contribution is -2.26. The Kier molecular flexibility index (Phi) is 4.50. The van der Waals surface area contributed by atoms with E-state index in [4.69, 9.17) is 28.9 Å². The fourth-order valence-corrected chi connectivity index (χ4v) is 2.36. The molecule has 4 nitrogen and oxygen atoms in total. The highest BCUT2D eigenvalue weighted by atomic mass is 35.5. The van der Waals surface area contributed by atoms with Crippen molar-refractivity contribution < 1.29 is 9.59 Å². The maximum atomic E-state index is 12.4. The van der Waals surface area contributed by atoms with E-state index < -0.39 is 5.91 Å². The summed E-state index contributed by atoms with van der Waals surface area (Å²) >= 11 is 11.9. The van der Waals surface area contributed by atoms with E-state index in [1.807, 2.05) is 0 Å². The van der Waals surface area contributed by atoms with Gasteiger partial charge in [-0.1, -0.05) is 29.3 Å². The first-order chi connectivity index (χ1) is 9.88. The summed E-state index contributed by atoms with van der Waals surface area (Å²) in [5, 5.41) is 0.867. The SMILES string of the molecule is CN(C(=O)c1cccc(C(N)=O)c1)c1cc(Cl)cc(Cl)c1. The van der Waals surface area contributed by atoms with E-state index >= 15 is 0 Å². The monoisotopic (exact) mass is 322 g/mol. The number of rotatable bonds is 3. The Labute approximate surface area is 132 Å². The molecule has 0 radical (unpaired) electrons. The van der Waals surface area contributed by atoms with Gasteiger partial charge in [0.05, 0.1) is 0 Å². The predicted octanol–water partition coefficient (Wildman–Crippen LogP) is 3.37. The minimum atomic E-state index is -0.585. The Morgan fingerprint density at radius 1 is 1.00 bits per heavy atom. The summed E-state index contributed by atoms with van der Waals surface area (Å²) in [5.41, 5.74) is 6.40. The van der Waals surface area contributed by atoms with Gasteiger partial charge in [-0.15, -0.1) is 0 Å². The minimum Gasteiger partial charge on any atom is -0.366 e. The molecular formula is C15H12Cl2N2O2. The predicted molar refractivity (Wildman–Crippen MR) is 84.2 cm³/mol. The van der Waals surface area contributed by atoms with Gasteiger partial charge >= 0.3 is 0 Å². The number of hydrogen-bond donors (Lipinski definition) is 1. The minimum absolute atomic E-state index is 0.276. The summed E-state index contributed by atoms with van der Waals surface area (Å²) in [7, 11) is 1.60. The molecule has 0 saturated heterocycles. The number of amides is 2. The molecule has 0 aliphatic heterocycles.